The van der Waals surface area contributed by atoms with Crippen LogP contribution in [0.15, 0.2) is 49.1 Å². The van der Waals surface area contributed by atoms with Gasteiger partial charge in [-0.3, -0.25) is 4.79 Å². The van der Waals surface area contributed by atoms with Crippen LogP contribution in [0.2, 0.25) is 18.1 Å². The van der Waals surface area contributed by atoms with Gasteiger partial charge in [-0.05, 0) is 108 Å². The van der Waals surface area contributed by atoms with Crippen LogP contribution in [0.4, 0.5) is 0 Å². The molecule has 2 aromatic carbocycles. The molecule has 0 bridgehead atoms. The molecule has 0 heterocycles. The summed E-state index contributed by atoms with van der Waals surface area (Å²) >= 11 is 0. The third kappa shape index (κ3) is 3.94. The Morgan fingerprint density at radius 1 is 1.08 bits per heavy atom. The van der Waals surface area contributed by atoms with Crippen molar-refractivity contribution in [3.63, 3.8) is 0 Å². The highest BCUT2D eigenvalue weighted by Gasteiger charge is 2.56. The zero-order valence-electron chi connectivity index (χ0n) is 24.6. The molecule has 3 aliphatic carbocycles. The first-order chi connectivity index (χ1) is 17.7. The first-order valence-electron chi connectivity index (χ1n) is 14.2. The Morgan fingerprint density at radius 2 is 1.76 bits per heavy atom. The van der Waals surface area contributed by atoms with Gasteiger partial charge in [0, 0.05) is 5.56 Å². The Morgan fingerprint density at radius 3 is 2.39 bits per heavy atom. The normalized spacial score (nSPS) is 26.7. The number of hydrogen-bond donors (Lipinski definition) is 0. The second-order valence-electron chi connectivity index (χ2n) is 13.7. The fourth-order valence-corrected chi connectivity index (χ4v) is 8.37. The van der Waals surface area contributed by atoms with Crippen LogP contribution in [0.5, 0.6) is 5.75 Å². The molecule has 3 atom stereocenters. The van der Waals surface area contributed by atoms with Crippen molar-refractivity contribution in [2.24, 2.45) is 11.3 Å². The zero-order chi connectivity index (χ0) is 27.7. The van der Waals surface area contributed by atoms with Gasteiger partial charge in [-0.2, -0.15) is 0 Å². The van der Waals surface area contributed by atoms with Crippen molar-refractivity contribution >= 4 is 25.4 Å². The number of ether oxygens (including phenoxy) is 1. The van der Waals surface area contributed by atoms with Crippen LogP contribution in [0, 0.1) is 11.3 Å². The summed E-state index contributed by atoms with van der Waals surface area (Å²) in [6.07, 6.45) is 7.16. The van der Waals surface area contributed by atoms with Gasteiger partial charge >= 0.3 is 5.97 Å². The van der Waals surface area contributed by atoms with Crippen molar-refractivity contribution in [2.75, 3.05) is 7.11 Å². The minimum atomic E-state index is -2.12. The fraction of sp³-hybridized carbons (Fsp3) is 0.500. The van der Waals surface area contributed by atoms with E-state index in [4.69, 9.17) is 9.16 Å². The molecule has 1 fully saturated rings. The molecule has 0 amide bonds. The molecule has 2 aromatic rings. The lowest BCUT2D eigenvalue weighted by molar-refractivity contribution is -0.161. The van der Waals surface area contributed by atoms with Gasteiger partial charge in [-0.25, -0.2) is 0 Å². The molecule has 1 unspecified atom stereocenters. The summed E-state index contributed by atoms with van der Waals surface area (Å²) in [5.74, 6) is 1.15. The van der Waals surface area contributed by atoms with E-state index in [0.717, 1.165) is 43.4 Å². The van der Waals surface area contributed by atoms with Gasteiger partial charge in [0.05, 0.1) is 12.5 Å². The average molecular weight is 529 g/mol. The van der Waals surface area contributed by atoms with Gasteiger partial charge in [0.25, 0.3) is 8.32 Å². The van der Waals surface area contributed by atoms with Gasteiger partial charge in [-0.1, -0.05) is 71.0 Å². The van der Waals surface area contributed by atoms with Gasteiger partial charge in [-0.15, -0.1) is 0 Å². The first-order valence-corrected chi connectivity index (χ1v) is 17.1. The molecule has 5 rings (SSSR count). The van der Waals surface area contributed by atoms with Crippen molar-refractivity contribution in [2.45, 2.75) is 90.3 Å². The first kappa shape index (κ1) is 27.0. The van der Waals surface area contributed by atoms with E-state index in [1.54, 1.807) is 0 Å². The van der Waals surface area contributed by atoms with Gasteiger partial charge in [0.2, 0.25) is 0 Å². The lowest BCUT2D eigenvalue weighted by atomic mass is 9.49. The second kappa shape index (κ2) is 8.98. The van der Waals surface area contributed by atoms with Crippen molar-refractivity contribution in [3.8, 4) is 5.75 Å². The quantitative estimate of drug-likeness (QED) is 0.294. The average Bonchev–Trinajstić information content (AvgIpc) is 3.21. The SMILES string of the molecule is C=C1C=C(c2ccccc2)c2c3c(cc(O[Si](C)(C)C(C)(C)C)c21)[C@@]1(C)CCC[C@](C)(C(=O)OC)C1CC3. The third-order valence-electron chi connectivity index (χ3n) is 10.4. The van der Waals surface area contributed by atoms with Crippen molar-refractivity contribution < 1.29 is 14.0 Å². The van der Waals surface area contributed by atoms with E-state index in [0.29, 0.717) is 0 Å². The predicted molar refractivity (Wildman–Crippen MR) is 160 cm³/mol. The molecule has 202 valence electrons. The van der Waals surface area contributed by atoms with Gasteiger partial charge in [0.1, 0.15) is 5.75 Å². The summed E-state index contributed by atoms with van der Waals surface area (Å²) in [4.78, 5) is 13.2. The van der Waals surface area contributed by atoms with Crippen LogP contribution in [0.3, 0.4) is 0 Å². The maximum absolute atomic E-state index is 13.2. The van der Waals surface area contributed by atoms with E-state index in [1.807, 2.05) is 0 Å². The lowest BCUT2D eigenvalue weighted by Crippen LogP contribution is -2.53. The molecule has 0 N–H and O–H groups in total. The Labute approximate surface area is 230 Å². The molecule has 4 heteroatoms. The Balaban J connectivity index is 1.76. The summed E-state index contributed by atoms with van der Waals surface area (Å²) in [5.41, 5.74) is 8.16. The maximum Gasteiger partial charge on any atom is 0.311 e. The molecule has 3 aliphatic rings. The van der Waals surface area contributed by atoms with E-state index in [-0.39, 0.29) is 22.3 Å². The predicted octanol–water partition coefficient (Wildman–Crippen LogP) is 8.71. The number of fused-ring (bicyclic) bond motifs is 5. The highest BCUT2D eigenvalue weighted by atomic mass is 28.4. The number of carbonyl (C=O) groups is 1. The molecular formula is C34H44O3Si. The van der Waals surface area contributed by atoms with Crippen LogP contribution in [-0.2, 0) is 21.4 Å². The minimum absolute atomic E-state index is 0.0611. The van der Waals surface area contributed by atoms with Crippen molar-refractivity contribution in [1.82, 2.24) is 0 Å². The van der Waals surface area contributed by atoms with Crippen LogP contribution < -0.4 is 4.43 Å². The van der Waals surface area contributed by atoms with E-state index in [1.165, 1.54) is 40.5 Å². The topological polar surface area (TPSA) is 35.5 Å². The molecule has 0 saturated heterocycles. The van der Waals surface area contributed by atoms with E-state index >= 15 is 0 Å². The lowest BCUT2D eigenvalue weighted by Gasteiger charge is -2.54. The van der Waals surface area contributed by atoms with Crippen LogP contribution in [0.1, 0.15) is 88.1 Å². The van der Waals surface area contributed by atoms with E-state index in [9.17, 15) is 4.79 Å². The fourth-order valence-electron chi connectivity index (χ4n) is 7.36. The standard InChI is InChI=1S/C34H44O3Si/c1-22-20-25(23-14-11-10-12-15-23)30-24-16-17-28-33(5,18-13-19-34(28,6)31(35)36-7)26(24)21-27(29(22)30)37-38(8,9)32(2,3)4/h10-12,14-15,20-21,28H,1,13,16-19H2,2-9H3/t28?,33-,34+/m1/s1. The highest BCUT2D eigenvalue weighted by molar-refractivity contribution is 6.74. The number of rotatable bonds is 4. The van der Waals surface area contributed by atoms with Crippen LogP contribution >= 0.6 is 0 Å². The zero-order valence-corrected chi connectivity index (χ0v) is 25.6. The number of methoxy groups -OCH3 is 1. The molecule has 0 aliphatic heterocycles. The summed E-state index contributed by atoms with van der Waals surface area (Å²) in [5, 5.41) is 0.0755. The number of allylic oxidation sites excluding steroid dienone is 2. The van der Waals surface area contributed by atoms with Gasteiger partial charge < -0.3 is 9.16 Å². The Kier molecular flexibility index (Phi) is 6.38. The van der Waals surface area contributed by atoms with Crippen molar-refractivity contribution in [1.29, 1.82) is 0 Å². The molecule has 0 aromatic heterocycles. The molecule has 38 heavy (non-hydrogen) atoms. The molecule has 0 radical (unpaired) electrons. The smallest absolute Gasteiger partial charge is 0.311 e. The molecular weight excluding hydrogens is 484 g/mol. The molecule has 3 nitrogen and oxygen atoms in total. The third-order valence-corrected chi connectivity index (χ3v) is 14.8. The largest absolute Gasteiger partial charge is 0.543 e. The number of carbonyl (C=O) groups excluding carboxylic acids is 1. The maximum atomic E-state index is 13.2. The van der Waals surface area contributed by atoms with E-state index in [2.05, 4.69) is 96.8 Å². The highest BCUT2D eigenvalue weighted by Crippen LogP contribution is 2.60. The minimum Gasteiger partial charge on any atom is -0.543 e. The summed E-state index contributed by atoms with van der Waals surface area (Å²) in [7, 11) is -0.584. The van der Waals surface area contributed by atoms with Crippen LogP contribution in [-0.4, -0.2) is 21.4 Å². The van der Waals surface area contributed by atoms with E-state index < -0.39 is 13.7 Å². The number of esters is 1. The summed E-state index contributed by atoms with van der Waals surface area (Å²) < 4.78 is 12.5. The summed E-state index contributed by atoms with van der Waals surface area (Å²) in [6, 6.07) is 13.0. The monoisotopic (exact) mass is 528 g/mol. The number of benzene rings is 2. The number of hydrogen-bond acceptors (Lipinski definition) is 3. The Bertz CT molecular complexity index is 1330. The van der Waals surface area contributed by atoms with Gasteiger partial charge in [0.15, 0.2) is 0 Å². The van der Waals surface area contributed by atoms with Crippen molar-refractivity contribution in [3.05, 3.63) is 76.9 Å². The summed E-state index contributed by atoms with van der Waals surface area (Å²) in [6.45, 7) is 20.6. The molecule has 0 spiro atoms. The van der Waals surface area contributed by atoms with Crippen LogP contribution in [0.25, 0.3) is 11.1 Å². The second-order valence-corrected chi connectivity index (χ2v) is 18.5. The Hall–Kier alpha value is -2.59. The molecule has 1 saturated carbocycles.